The molecule has 16 heteroatoms. The van der Waals surface area contributed by atoms with Gasteiger partial charge in [-0.25, -0.2) is 27.6 Å². The predicted molar refractivity (Wildman–Crippen MR) is 127 cm³/mol. The lowest BCUT2D eigenvalue weighted by Gasteiger charge is -2.50. The molecule has 7 nitrogen and oxygen atoms in total. The van der Waals surface area contributed by atoms with Crippen LogP contribution in [-0.2, 0) is 0 Å². The van der Waals surface area contributed by atoms with Crippen molar-refractivity contribution in [3.8, 4) is 5.69 Å². The van der Waals surface area contributed by atoms with Crippen LogP contribution in [-0.4, -0.2) is 102 Å². The first-order valence-electron chi connectivity index (χ1n) is 9.77. The average Bonchev–Trinajstić information content (AvgIpc) is 3.08. The molecule has 158 valence electrons. The van der Waals surface area contributed by atoms with Crippen LogP contribution in [0.1, 0.15) is 0 Å². The minimum absolute atomic E-state index is 0.0419. The molecule has 2 amide bonds. The highest BCUT2D eigenvalue weighted by Gasteiger charge is 2.46. The SMILES string of the molecule is [B]C([B])([B])N(c1cnc2nn(-c3cc(NC(=O)N4CC(F)(F)C4)ccc3F)cc2c1)C([B])([B])[B]. The highest BCUT2D eigenvalue weighted by atomic mass is 19.3. The summed E-state index contributed by atoms with van der Waals surface area (Å²) >= 11 is 0. The summed E-state index contributed by atoms with van der Waals surface area (Å²) in [5, 5.41) is 2.98. The van der Waals surface area contributed by atoms with Crippen molar-refractivity contribution in [1.82, 2.24) is 19.7 Å². The number of nitrogens with zero attached hydrogens (tertiary/aromatic N) is 5. The van der Waals surface area contributed by atoms with Gasteiger partial charge in [0.05, 0.1) is 72.1 Å². The zero-order chi connectivity index (χ0) is 25.1. The number of alkyl halides is 2. The van der Waals surface area contributed by atoms with E-state index < -0.39 is 41.3 Å². The van der Waals surface area contributed by atoms with Crippen LogP contribution in [0.25, 0.3) is 16.7 Å². The molecule has 4 rings (SSSR count). The normalized spacial score (nSPS) is 15.7. The van der Waals surface area contributed by atoms with Gasteiger partial charge in [-0.1, -0.05) is 10.5 Å². The van der Waals surface area contributed by atoms with Crippen molar-refractivity contribution in [2.45, 2.75) is 16.4 Å². The van der Waals surface area contributed by atoms with Crippen molar-refractivity contribution in [1.29, 1.82) is 0 Å². The van der Waals surface area contributed by atoms with Crippen molar-refractivity contribution in [2.75, 3.05) is 23.3 Å². The van der Waals surface area contributed by atoms with E-state index in [1.807, 2.05) is 0 Å². The largest absolute Gasteiger partial charge is 0.410 e. The van der Waals surface area contributed by atoms with Gasteiger partial charge in [-0.05, 0) is 24.3 Å². The van der Waals surface area contributed by atoms with Crippen LogP contribution in [0.5, 0.6) is 0 Å². The van der Waals surface area contributed by atoms with Crippen LogP contribution < -0.4 is 10.2 Å². The summed E-state index contributed by atoms with van der Waals surface area (Å²) in [5.74, 6) is -3.57. The Balaban J connectivity index is 1.64. The lowest BCUT2D eigenvalue weighted by Crippen LogP contribution is -2.64. The molecule has 1 aromatic carbocycles. The molecule has 1 aliphatic heterocycles. The van der Waals surface area contributed by atoms with Gasteiger partial charge < -0.3 is 15.1 Å². The fraction of sp³-hybridized carbons (Fsp3) is 0.278. The predicted octanol–water partition coefficient (Wildman–Crippen LogP) is 0.0824. The Labute approximate surface area is 201 Å². The molecule has 12 radical (unpaired) electrons. The Hall–Kier alpha value is -2.91. The third-order valence-corrected chi connectivity index (χ3v) is 4.95. The smallest absolute Gasteiger partial charge is 0.322 e. The molecule has 1 N–H and O–H groups in total. The van der Waals surface area contributed by atoms with Gasteiger partial charge in [0.25, 0.3) is 5.92 Å². The van der Waals surface area contributed by atoms with E-state index in [0.29, 0.717) is 5.39 Å². The number of carbonyl (C=O) groups excluding carboxylic acids is 1. The summed E-state index contributed by atoms with van der Waals surface area (Å²) in [6.45, 7) is -1.37. The summed E-state index contributed by atoms with van der Waals surface area (Å²) in [7, 11) is 34.4. The topological polar surface area (TPSA) is 66.3 Å². The van der Waals surface area contributed by atoms with Gasteiger partial charge in [-0.3, -0.25) is 0 Å². The number of rotatable bonds is 5. The Morgan fingerprint density at radius 3 is 2.32 bits per heavy atom. The van der Waals surface area contributed by atoms with E-state index >= 15 is 0 Å². The summed E-state index contributed by atoms with van der Waals surface area (Å²) in [6.07, 6.45) is 2.71. The average molecular weight is 449 g/mol. The molecule has 1 fully saturated rings. The molecule has 1 saturated heterocycles. The van der Waals surface area contributed by atoms with E-state index in [1.165, 1.54) is 35.3 Å². The van der Waals surface area contributed by atoms with Crippen LogP contribution in [0.15, 0.2) is 36.7 Å². The fourth-order valence-corrected chi connectivity index (χ4v) is 3.56. The minimum atomic E-state index is -2.91. The van der Waals surface area contributed by atoms with E-state index in [-0.39, 0.29) is 22.7 Å². The molecule has 34 heavy (non-hydrogen) atoms. The molecule has 0 saturated carbocycles. The fourth-order valence-electron chi connectivity index (χ4n) is 3.56. The minimum Gasteiger partial charge on any atom is -0.410 e. The Morgan fingerprint density at radius 2 is 1.74 bits per heavy atom. The molecule has 1 aliphatic rings. The first-order valence-corrected chi connectivity index (χ1v) is 9.77. The van der Waals surface area contributed by atoms with Gasteiger partial charge in [-0.2, -0.15) is 0 Å². The number of hydrogen-bond acceptors (Lipinski definition) is 4. The number of pyridine rings is 1. The van der Waals surface area contributed by atoms with Crippen LogP contribution in [0.4, 0.5) is 29.3 Å². The van der Waals surface area contributed by atoms with Gasteiger partial charge in [-0.15, -0.1) is 5.10 Å². The highest BCUT2D eigenvalue weighted by molar-refractivity contribution is 6.66. The number of nitrogens with one attached hydrogen (secondary N) is 1. The number of fused-ring (bicyclic) bond motifs is 1. The molecule has 0 aliphatic carbocycles. The maximum absolute atomic E-state index is 14.6. The monoisotopic (exact) mass is 450 g/mol. The molecule has 0 spiro atoms. The number of likely N-dealkylation sites (tertiary alicyclic amines) is 1. The number of halogens is 3. The van der Waals surface area contributed by atoms with Gasteiger partial charge in [0.15, 0.2) is 5.65 Å². The van der Waals surface area contributed by atoms with E-state index in [0.717, 1.165) is 15.9 Å². The van der Waals surface area contributed by atoms with Crippen molar-refractivity contribution in [2.24, 2.45) is 0 Å². The zero-order valence-electron chi connectivity index (χ0n) is 17.6. The third kappa shape index (κ3) is 4.81. The molecule has 0 unspecified atom stereocenters. The van der Waals surface area contributed by atoms with Crippen LogP contribution in [0.3, 0.4) is 0 Å². The second kappa shape index (κ2) is 8.09. The summed E-state index contributed by atoms with van der Waals surface area (Å²) in [6, 6.07) is 4.43. The quantitative estimate of drug-likeness (QED) is 0.561. The van der Waals surface area contributed by atoms with Gasteiger partial charge >= 0.3 is 6.03 Å². The molecular formula is C18H11B6F3N6O. The Morgan fingerprint density at radius 1 is 1.09 bits per heavy atom. The Bertz CT molecular complexity index is 1240. The number of hydrogen-bond donors (Lipinski definition) is 1. The molecule has 0 bridgehead atoms. The van der Waals surface area contributed by atoms with E-state index in [4.69, 9.17) is 47.1 Å². The number of anilines is 2. The number of aromatic nitrogens is 3. The summed E-state index contributed by atoms with van der Waals surface area (Å²) in [4.78, 5) is 18.1. The molecular weight excluding hydrogens is 438 g/mol. The standard InChI is InChI=1S/C18H11B6F3N6O/c19-17(20,21)33(18(22,23)24)11-3-9-6-32(30-14(9)28-5-11)13-4-10(1-2-12(13)25)29-15(34)31-7-16(26,27)8-31/h1-6H,7-8H2,(H,29,34). The third-order valence-electron chi connectivity index (χ3n) is 4.95. The van der Waals surface area contributed by atoms with Crippen molar-refractivity contribution in [3.63, 3.8) is 0 Å². The van der Waals surface area contributed by atoms with Crippen LogP contribution in [0, 0.1) is 5.82 Å². The highest BCUT2D eigenvalue weighted by Crippen LogP contribution is 2.29. The lowest BCUT2D eigenvalue weighted by molar-refractivity contribution is -0.107. The van der Waals surface area contributed by atoms with E-state index in [9.17, 15) is 18.0 Å². The maximum atomic E-state index is 14.6. The van der Waals surface area contributed by atoms with Gasteiger partial charge in [0.1, 0.15) is 11.5 Å². The van der Waals surface area contributed by atoms with Gasteiger partial charge in [0, 0.05) is 17.3 Å². The molecule has 0 atom stereocenters. The molecule has 3 aromatic rings. The van der Waals surface area contributed by atoms with Crippen molar-refractivity contribution < 1.29 is 18.0 Å². The zero-order valence-corrected chi connectivity index (χ0v) is 17.6. The first kappa shape index (κ1) is 24.2. The van der Waals surface area contributed by atoms with Crippen molar-refractivity contribution >= 4 is 75.5 Å². The van der Waals surface area contributed by atoms with E-state index in [1.54, 1.807) is 0 Å². The first-order chi connectivity index (χ1) is 15.6. The lowest BCUT2D eigenvalue weighted by atomic mass is 9.40. The molecule has 2 aromatic heterocycles. The van der Waals surface area contributed by atoms with Gasteiger partial charge in [0.2, 0.25) is 0 Å². The van der Waals surface area contributed by atoms with Crippen molar-refractivity contribution in [3.05, 3.63) is 42.5 Å². The maximum Gasteiger partial charge on any atom is 0.322 e. The van der Waals surface area contributed by atoms with E-state index in [2.05, 4.69) is 15.4 Å². The Kier molecular flexibility index (Phi) is 5.77. The summed E-state index contributed by atoms with van der Waals surface area (Å²) in [5.41, 5.74) is 0.503. The molecule has 3 heterocycles. The van der Waals surface area contributed by atoms with Crippen LogP contribution in [0.2, 0.25) is 0 Å². The number of amides is 2. The number of urea groups is 1. The second-order valence-corrected chi connectivity index (χ2v) is 8.10. The van der Waals surface area contributed by atoms with Crippen LogP contribution >= 0.6 is 0 Å². The summed E-state index contributed by atoms with van der Waals surface area (Å²) < 4.78 is 41.7. The second-order valence-electron chi connectivity index (χ2n) is 8.10. The number of carbonyl (C=O) groups is 1. The number of benzene rings is 1.